The van der Waals surface area contributed by atoms with Crippen molar-refractivity contribution in [3.05, 3.63) is 24.0 Å². The molecular weight excluding hydrogens is 198 g/mol. The van der Waals surface area contributed by atoms with Gasteiger partial charge in [0.15, 0.2) is 0 Å². The number of rotatable bonds is 6. The Morgan fingerprint density at radius 2 is 2.44 bits per heavy atom. The van der Waals surface area contributed by atoms with Crippen molar-refractivity contribution in [2.24, 2.45) is 5.92 Å². The van der Waals surface area contributed by atoms with E-state index in [1.807, 2.05) is 7.05 Å². The molecule has 1 aliphatic carbocycles. The first-order chi connectivity index (χ1) is 7.85. The van der Waals surface area contributed by atoms with Crippen molar-refractivity contribution in [3.8, 4) is 6.07 Å². The molecule has 1 unspecified atom stereocenters. The van der Waals surface area contributed by atoms with E-state index in [2.05, 4.69) is 34.4 Å². The minimum absolute atomic E-state index is 0.525. The van der Waals surface area contributed by atoms with Crippen molar-refractivity contribution in [2.75, 3.05) is 7.05 Å². The van der Waals surface area contributed by atoms with Gasteiger partial charge in [0.2, 0.25) is 0 Å². The summed E-state index contributed by atoms with van der Waals surface area (Å²) < 4.78 is 2.19. The predicted octanol–water partition coefficient (Wildman–Crippen LogP) is 2.46. The van der Waals surface area contributed by atoms with Crippen LogP contribution in [0.15, 0.2) is 18.5 Å². The van der Waals surface area contributed by atoms with Crippen molar-refractivity contribution >= 4 is 0 Å². The Labute approximate surface area is 97.1 Å². The van der Waals surface area contributed by atoms with Crippen LogP contribution in [0, 0.1) is 17.2 Å². The lowest BCUT2D eigenvalue weighted by atomic mass is 10.1. The second-order valence-corrected chi connectivity index (χ2v) is 4.55. The number of hydrogen-bond acceptors (Lipinski definition) is 2. The highest BCUT2D eigenvalue weighted by atomic mass is 15.0. The van der Waals surface area contributed by atoms with Gasteiger partial charge in [0, 0.05) is 31.4 Å². The highest BCUT2D eigenvalue weighted by Crippen LogP contribution is 2.40. The summed E-state index contributed by atoms with van der Waals surface area (Å²) in [5.74, 6) is 0.833. The number of nitrogens with zero attached hydrogens (tertiary/aromatic N) is 2. The Hall–Kier alpha value is -1.27. The summed E-state index contributed by atoms with van der Waals surface area (Å²) in [5, 5.41) is 11.9. The van der Waals surface area contributed by atoms with Crippen LogP contribution in [0.1, 0.15) is 37.3 Å². The summed E-state index contributed by atoms with van der Waals surface area (Å²) in [5.41, 5.74) is 1.39. The summed E-state index contributed by atoms with van der Waals surface area (Å²) in [4.78, 5) is 0. The van der Waals surface area contributed by atoms with Gasteiger partial charge in [-0.2, -0.15) is 5.26 Å². The van der Waals surface area contributed by atoms with Gasteiger partial charge in [0.25, 0.3) is 0 Å². The van der Waals surface area contributed by atoms with Gasteiger partial charge in [0.05, 0.1) is 6.07 Å². The lowest BCUT2D eigenvalue weighted by Crippen LogP contribution is -2.17. The largest absolute Gasteiger partial charge is 0.354 e. The molecular formula is C13H19N3. The SMILES string of the molecule is CNC(c1ccn(CCCC#N)c1)C1CC1. The first-order valence-corrected chi connectivity index (χ1v) is 6.05. The molecule has 0 radical (unpaired) electrons. The lowest BCUT2D eigenvalue weighted by Gasteiger charge is -2.13. The number of nitrogens with one attached hydrogen (secondary N) is 1. The summed E-state index contributed by atoms with van der Waals surface area (Å²) in [7, 11) is 2.04. The van der Waals surface area contributed by atoms with Gasteiger partial charge in [-0.05, 0) is 43.9 Å². The molecule has 16 heavy (non-hydrogen) atoms. The lowest BCUT2D eigenvalue weighted by molar-refractivity contribution is 0.526. The van der Waals surface area contributed by atoms with Crippen LogP contribution < -0.4 is 5.32 Å². The van der Waals surface area contributed by atoms with Gasteiger partial charge >= 0.3 is 0 Å². The minimum atomic E-state index is 0.525. The van der Waals surface area contributed by atoms with Crippen LogP contribution in [-0.4, -0.2) is 11.6 Å². The van der Waals surface area contributed by atoms with Crippen molar-refractivity contribution < 1.29 is 0 Å². The van der Waals surface area contributed by atoms with Crippen LogP contribution in [0.4, 0.5) is 0 Å². The standard InChI is InChI=1S/C13H19N3/c1-15-13(11-4-5-11)12-6-9-16(10-12)8-3-2-7-14/h6,9-11,13,15H,2-5,8H2,1H3. The molecule has 0 aromatic carbocycles. The monoisotopic (exact) mass is 217 g/mol. The number of unbranched alkanes of at least 4 members (excludes halogenated alkanes) is 1. The normalized spacial score (nSPS) is 17.0. The molecule has 1 atom stereocenters. The molecule has 0 aliphatic heterocycles. The van der Waals surface area contributed by atoms with Gasteiger partial charge in [-0.15, -0.1) is 0 Å². The molecule has 0 bridgehead atoms. The molecule has 0 amide bonds. The average molecular weight is 217 g/mol. The van der Waals surface area contributed by atoms with E-state index in [4.69, 9.17) is 5.26 Å². The summed E-state index contributed by atoms with van der Waals surface area (Å²) >= 11 is 0. The maximum Gasteiger partial charge on any atom is 0.0622 e. The van der Waals surface area contributed by atoms with Gasteiger partial charge in [-0.3, -0.25) is 0 Å². The molecule has 1 N–H and O–H groups in total. The van der Waals surface area contributed by atoms with Gasteiger partial charge < -0.3 is 9.88 Å². The van der Waals surface area contributed by atoms with E-state index in [0.29, 0.717) is 12.5 Å². The molecule has 0 saturated heterocycles. The Kier molecular flexibility index (Phi) is 3.63. The van der Waals surface area contributed by atoms with E-state index in [1.165, 1.54) is 18.4 Å². The zero-order valence-electron chi connectivity index (χ0n) is 9.82. The highest BCUT2D eigenvalue weighted by molar-refractivity contribution is 5.18. The Balaban J connectivity index is 1.93. The quantitative estimate of drug-likeness (QED) is 0.744. The molecule has 1 saturated carbocycles. The number of hydrogen-bond donors (Lipinski definition) is 1. The van der Waals surface area contributed by atoms with E-state index in [1.54, 1.807) is 0 Å². The third-order valence-corrected chi connectivity index (χ3v) is 3.24. The van der Waals surface area contributed by atoms with E-state index >= 15 is 0 Å². The zero-order chi connectivity index (χ0) is 11.4. The van der Waals surface area contributed by atoms with Crippen LogP contribution in [0.2, 0.25) is 0 Å². The first kappa shape index (κ1) is 11.2. The van der Waals surface area contributed by atoms with Crippen molar-refractivity contribution in [1.82, 2.24) is 9.88 Å². The molecule has 3 heteroatoms. The molecule has 3 nitrogen and oxygen atoms in total. The zero-order valence-corrected chi connectivity index (χ0v) is 9.82. The number of aryl methyl sites for hydroxylation is 1. The second-order valence-electron chi connectivity index (χ2n) is 4.55. The predicted molar refractivity (Wildman–Crippen MR) is 63.8 cm³/mol. The maximum absolute atomic E-state index is 8.49. The van der Waals surface area contributed by atoms with Crippen molar-refractivity contribution in [1.29, 1.82) is 5.26 Å². The fraction of sp³-hybridized carbons (Fsp3) is 0.615. The summed E-state index contributed by atoms with van der Waals surface area (Å²) in [6.07, 6.45) is 8.64. The minimum Gasteiger partial charge on any atom is -0.354 e. The molecule has 0 spiro atoms. The first-order valence-electron chi connectivity index (χ1n) is 6.05. The van der Waals surface area contributed by atoms with Crippen LogP contribution >= 0.6 is 0 Å². The van der Waals surface area contributed by atoms with Crippen LogP contribution in [-0.2, 0) is 6.54 Å². The van der Waals surface area contributed by atoms with E-state index in [0.717, 1.165) is 18.9 Å². The van der Waals surface area contributed by atoms with E-state index in [-0.39, 0.29) is 0 Å². The molecule has 1 aliphatic rings. The summed E-state index contributed by atoms with van der Waals surface area (Å²) in [6, 6.07) is 4.91. The molecule has 2 rings (SSSR count). The summed E-state index contributed by atoms with van der Waals surface area (Å²) in [6.45, 7) is 0.953. The Morgan fingerprint density at radius 1 is 1.62 bits per heavy atom. The molecule has 1 aromatic heterocycles. The third kappa shape index (κ3) is 2.65. The van der Waals surface area contributed by atoms with Crippen molar-refractivity contribution in [3.63, 3.8) is 0 Å². The maximum atomic E-state index is 8.49. The van der Waals surface area contributed by atoms with Gasteiger partial charge in [-0.25, -0.2) is 0 Å². The average Bonchev–Trinajstić information content (AvgIpc) is 3.01. The topological polar surface area (TPSA) is 40.8 Å². The van der Waals surface area contributed by atoms with Crippen molar-refractivity contribution in [2.45, 2.75) is 38.3 Å². The highest BCUT2D eigenvalue weighted by Gasteiger charge is 2.31. The molecule has 1 fully saturated rings. The Morgan fingerprint density at radius 3 is 3.06 bits per heavy atom. The van der Waals surface area contributed by atoms with E-state index in [9.17, 15) is 0 Å². The fourth-order valence-corrected chi connectivity index (χ4v) is 2.23. The number of aromatic nitrogens is 1. The van der Waals surface area contributed by atoms with Gasteiger partial charge in [0.1, 0.15) is 0 Å². The molecule has 1 aromatic rings. The second kappa shape index (κ2) is 5.18. The van der Waals surface area contributed by atoms with Crippen LogP contribution in [0.3, 0.4) is 0 Å². The van der Waals surface area contributed by atoms with E-state index < -0.39 is 0 Å². The fourth-order valence-electron chi connectivity index (χ4n) is 2.23. The van der Waals surface area contributed by atoms with Crippen LogP contribution in [0.25, 0.3) is 0 Å². The smallest absolute Gasteiger partial charge is 0.0622 e. The van der Waals surface area contributed by atoms with Gasteiger partial charge in [-0.1, -0.05) is 0 Å². The van der Waals surface area contributed by atoms with Crippen LogP contribution in [0.5, 0.6) is 0 Å². The Bertz CT molecular complexity index is 371. The molecule has 1 heterocycles. The third-order valence-electron chi connectivity index (χ3n) is 3.24. The number of nitriles is 1. The molecule has 86 valence electrons.